The average molecular weight is 475 g/mol. The molecular formula is C25H26N6O2S. The minimum atomic E-state index is -0.280. The Morgan fingerprint density at radius 1 is 1.12 bits per heavy atom. The van der Waals surface area contributed by atoms with Crippen LogP contribution in [0.3, 0.4) is 0 Å². The summed E-state index contributed by atoms with van der Waals surface area (Å²) in [4.78, 5) is 29.4. The summed E-state index contributed by atoms with van der Waals surface area (Å²) in [6, 6.07) is 16.2. The molecule has 3 N–H and O–H groups in total. The third-order valence-electron chi connectivity index (χ3n) is 6.30. The second-order valence-electron chi connectivity index (χ2n) is 8.57. The Bertz CT molecular complexity index is 1350. The third-order valence-corrected chi connectivity index (χ3v) is 7.21. The van der Waals surface area contributed by atoms with Crippen molar-refractivity contribution in [2.45, 2.75) is 24.9 Å². The van der Waals surface area contributed by atoms with Gasteiger partial charge in [0.15, 0.2) is 11.0 Å². The number of nitrogens with one attached hydrogen (secondary N) is 1. The van der Waals surface area contributed by atoms with E-state index in [1.165, 1.54) is 11.8 Å². The smallest absolute Gasteiger partial charge is 0.233 e. The zero-order valence-corrected chi connectivity index (χ0v) is 19.7. The monoisotopic (exact) mass is 474 g/mol. The fourth-order valence-electron chi connectivity index (χ4n) is 4.43. The Morgan fingerprint density at radius 2 is 1.91 bits per heavy atom. The van der Waals surface area contributed by atoms with Crippen LogP contribution in [-0.2, 0) is 9.59 Å². The van der Waals surface area contributed by atoms with E-state index in [1.54, 1.807) is 4.90 Å². The number of hydrogen-bond donors (Lipinski definition) is 2. The maximum Gasteiger partial charge on any atom is 0.233 e. The van der Waals surface area contributed by atoms with Gasteiger partial charge in [-0.15, -0.1) is 10.2 Å². The minimum absolute atomic E-state index is 0.0281. The summed E-state index contributed by atoms with van der Waals surface area (Å²) in [6.07, 6.45) is 3.19. The zero-order chi connectivity index (χ0) is 23.7. The number of carbonyl (C=O) groups is 2. The van der Waals surface area contributed by atoms with Crippen molar-refractivity contribution in [3.8, 4) is 17.1 Å². The number of aryl methyl sites for hydroxylation is 1. The Kier molecular flexibility index (Phi) is 6.10. The van der Waals surface area contributed by atoms with Crippen LogP contribution in [0.1, 0.15) is 18.4 Å². The van der Waals surface area contributed by atoms with Crippen LogP contribution in [0.2, 0.25) is 0 Å². The average Bonchev–Trinajstić information content (AvgIpc) is 3.46. The largest absolute Gasteiger partial charge is 0.369 e. The van der Waals surface area contributed by atoms with Gasteiger partial charge in [0.2, 0.25) is 11.8 Å². The molecule has 2 amide bonds. The molecule has 1 aliphatic heterocycles. The highest BCUT2D eigenvalue weighted by atomic mass is 32.2. The first-order valence-corrected chi connectivity index (χ1v) is 12.3. The van der Waals surface area contributed by atoms with Gasteiger partial charge in [-0.3, -0.25) is 14.2 Å². The molecule has 0 aliphatic carbocycles. The van der Waals surface area contributed by atoms with Crippen molar-refractivity contribution < 1.29 is 9.59 Å². The van der Waals surface area contributed by atoms with Crippen LogP contribution in [0.4, 0.5) is 0 Å². The number of benzene rings is 2. The van der Waals surface area contributed by atoms with Crippen LogP contribution in [0.25, 0.3) is 28.0 Å². The molecule has 1 aliphatic rings. The summed E-state index contributed by atoms with van der Waals surface area (Å²) in [5.41, 5.74) is 9.47. The molecule has 34 heavy (non-hydrogen) atoms. The second kappa shape index (κ2) is 9.34. The van der Waals surface area contributed by atoms with Crippen LogP contribution in [0.5, 0.6) is 0 Å². The Balaban J connectivity index is 1.43. The van der Waals surface area contributed by atoms with Crippen LogP contribution >= 0.6 is 11.8 Å². The van der Waals surface area contributed by atoms with Gasteiger partial charge in [-0.2, -0.15) is 0 Å². The number of fused-ring (bicyclic) bond motifs is 1. The lowest BCUT2D eigenvalue weighted by atomic mass is 9.96. The summed E-state index contributed by atoms with van der Waals surface area (Å²) in [6.45, 7) is 3.15. The maximum atomic E-state index is 12.9. The van der Waals surface area contributed by atoms with E-state index in [0.29, 0.717) is 31.1 Å². The molecule has 2 aromatic heterocycles. The van der Waals surface area contributed by atoms with E-state index >= 15 is 0 Å². The first-order chi connectivity index (χ1) is 16.5. The number of likely N-dealkylation sites (tertiary alicyclic amines) is 1. The number of nitrogens with two attached hydrogens (primary N) is 1. The molecule has 2 aromatic carbocycles. The van der Waals surface area contributed by atoms with Gasteiger partial charge in [-0.1, -0.05) is 42.1 Å². The SMILES string of the molecule is Cc1cccc(-n2c(SCC(=O)N3CCC(C(N)=O)CC3)nnc2-c2c[nH]c3ccccc23)c1. The van der Waals surface area contributed by atoms with Crippen molar-refractivity contribution in [2.75, 3.05) is 18.8 Å². The summed E-state index contributed by atoms with van der Waals surface area (Å²) in [5, 5.41) is 10.7. The first kappa shape index (κ1) is 22.2. The Labute approximate surface area is 201 Å². The van der Waals surface area contributed by atoms with Gasteiger partial charge in [-0.25, -0.2) is 0 Å². The third kappa shape index (κ3) is 4.31. The van der Waals surface area contributed by atoms with Gasteiger partial charge in [0.1, 0.15) is 0 Å². The van der Waals surface area contributed by atoms with E-state index in [4.69, 9.17) is 5.73 Å². The molecule has 1 saturated heterocycles. The predicted molar refractivity (Wildman–Crippen MR) is 133 cm³/mol. The molecule has 9 heteroatoms. The van der Waals surface area contributed by atoms with Crippen molar-refractivity contribution in [1.29, 1.82) is 0 Å². The molecule has 0 saturated carbocycles. The number of piperidine rings is 1. The number of rotatable bonds is 6. The minimum Gasteiger partial charge on any atom is -0.369 e. The van der Waals surface area contributed by atoms with Gasteiger partial charge in [0, 0.05) is 47.4 Å². The van der Waals surface area contributed by atoms with Crippen LogP contribution in [-0.4, -0.2) is 55.3 Å². The lowest BCUT2D eigenvalue weighted by Crippen LogP contribution is -2.42. The first-order valence-electron chi connectivity index (χ1n) is 11.3. The maximum absolute atomic E-state index is 12.9. The fraction of sp³-hybridized carbons (Fsp3) is 0.280. The number of H-pyrrole nitrogens is 1. The highest BCUT2D eigenvalue weighted by Crippen LogP contribution is 2.33. The number of para-hydroxylation sites is 1. The van der Waals surface area contributed by atoms with E-state index in [0.717, 1.165) is 33.5 Å². The molecule has 0 unspecified atom stereocenters. The molecule has 0 atom stereocenters. The van der Waals surface area contributed by atoms with E-state index in [-0.39, 0.29) is 23.5 Å². The lowest BCUT2D eigenvalue weighted by Gasteiger charge is -2.30. The summed E-state index contributed by atoms with van der Waals surface area (Å²) in [5.74, 6) is 0.581. The van der Waals surface area contributed by atoms with E-state index in [9.17, 15) is 9.59 Å². The van der Waals surface area contributed by atoms with Crippen LogP contribution < -0.4 is 5.73 Å². The van der Waals surface area contributed by atoms with E-state index < -0.39 is 0 Å². The number of thioether (sulfide) groups is 1. The highest BCUT2D eigenvalue weighted by molar-refractivity contribution is 7.99. The normalized spacial score (nSPS) is 14.6. The second-order valence-corrected chi connectivity index (χ2v) is 9.52. The van der Waals surface area contributed by atoms with E-state index in [2.05, 4.69) is 27.3 Å². The molecule has 5 rings (SSSR count). The van der Waals surface area contributed by atoms with Gasteiger partial charge in [0.05, 0.1) is 5.75 Å². The van der Waals surface area contributed by atoms with Crippen molar-refractivity contribution in [3.05, 3.63) is 60.3 Å². The standard InChI is InChI=1S/C25H26N6O2S/c1-16-5-4-6-18(13-16)31-24(20-14-27-21-8-3-2-7-19(20)21)28-29-25(31)34-15-22(32)30-11-9-17(10-12-30)23(26)33/h2-8,13-14,17,27H,9-12,15H2,1H3,(H2,26,33). The fourth-order valence-corrected chi connectivity index (χ4v) is 5.28. The Morgan fingerprint density at radius 3 is 2.68 bits per heavy atom. The number of nitrogens with zero attached hydrogens (tertiary/aromatic N) is 4. The van der Waals surface area contributed by atoms with Crippen molar-refractivity contribution in [1.82, 2.24) is 24.6 Å². The number of aromatic amines is 1. The molecule has 8 nitrogen and oxygen atoms in total. The van der Waals surface area contributed by atoms with Gasteiger partial charge in [0.25, 0.3) is 0 Å². The summed E-state index contributed by atoms with van der Waals surface area (Å²) >= 11 is 1.38. The molecule has 3 heterocycles. The highest BCUT2D eigenvalue weighted by Gasteiger charge is 2.26. The quantitative estimate of drug-likeness (QED) is 0.416. The van der Waals surface area contributed by atoms with E-state index in [1.807, 2.05) is 54.1 Å². The van der Waals surface area contributed by atoms with Crippen molar-refractivity contribution >= 4 is 34.5 Å². The number of hydrogen-bond acceptors (Lipinski definition) is 5. The predicted octanol–water partition coefficient (Wildman–Crippen LogP) is 3.54. The number of aromatic nitrogens is 4. The summed E-state index contributed by atoms with van der Waals surface area (Å²) < 4.78 is 2.01. The molecule has 0 spiro atoms. The van der Waals surface area contributed by atoms with Gasteiger partial charge >= 0.3 is 0 Å². The molecule has 0 radical (unpaired) electrons. The number of amides is 2. The molecule has 0 bridgehead atoms. The van der Waals surface area contributed by atoms with Crippen molar-refractivity contribution in [2.24, 2.45) is 11.7 Å². The van der Waals surface area contributed by atoms with Crippen LogP contribution in [0.15, 0.2) is 59.9 Å². The van der Waals surface area contributed by atoms with Gasteiger partial charge < -0.3 is 15.6 Å². The van der Waals surface area contributed by atoms with Gasteiger partial charge in [-0.05, 0) is 43.5 Å². The Hall–Kier alpha value is -3.59. The lowest BCUT2D eigenvalue weighted by molar-refractivity contribution is -0.132. The number of primary amides is 1. The molecule has 4 aromatic rings. The van der Waals surface area contributed by atoms with Crippen LogP contribution in [0, 0.1) is 12.8 Å². The zero-order valence-electron chi connectivity index (χ0n) is 18.9. The van der Waals surface area contributed by atoms with Crippen molar-refractivity contribution in [3.63, 3.8) is 0 Å². The summed E-state index contributed by atoms with van der Waals surface area (Å²) in [7, 11) is 0. The topological polar surface area (TPSA) is 110 Å². The number of carbonyl (C=O) groups excluding carboxylic acids is 2. The molecule has 1 fully saturated rings. The molecular weight excluding hydrogens is 448 g/mol. The molecule has 174 valence electrons.